The summed E-state index contributed by atoms with van der Waals surface area (Å²) in [6.45, 7) is 0.295. The molecule has 5 nitrogen and oxygen atoms in total. The van der Waals surface area contributed by atoms with Crippen LogP contribution in [0.5, 0.6) is 5.75 Å². The molecule has 6 heteroatoms. The molecule has 0 fully saturated rings. The molecule has 144 valence electrons. The van der Waals surface area contributed by atoms with Gasteiger partial charge in [-0.15, -0.1) is 0 Å². The molecule has 1 aliphatic heterocycles. The van der Waals surface area contributed by atoms with Gasteiger partial charge in [0.05, 0.1) is 16.7 Å². The Balaban J connectivity index is 1.37. The van der Waals surface area contributed by atoms with Crippen molar-refractivity contribution in [3.8, 4) is 5.75 Å². The zero-order valence-corrected chi connectivity index (χ0v) is 16.9. The van der Waals surface area contributed by atoms with E-state index < -0.39 is 5.97 Å². The van der Waals surface area contributed by atoms with Crippen molar-refractivity contribution in [3.05, 3.63) is 99.5 Å². The number of ether oxygens (including phenoxy) is 1. The maximum Gasteiger partial charge on any atom is 0.343 e. The summed E-state index contributed by atoms with van der Waals surface area (Å²) >= 11 is 3.33. The van der Waals surface area contributed by atoms with Crippen LogP contribution in [0.4, 0.5) is 0 Å². The van der Waals surface area contributed by atoms with E-state index in [9.17, 15) is 14.4 Å². The van der Waals surface area contributed by atoms with Crippen molar-refractivity contribution in [2.24, 2.45) is 0 Å². The maximum absolute atomic E-state index is 12.4. The van der Waals surface area contributed by atoms with Crippen LogP contribution in [-0.4, -0.2) is 29.2 Å². The molecule has 2 amide bonds. The fourth-order valence-corrected chi connectivity index (χ4v) is 3.59. The first kappa shape index (κ1) is 19.1. The van der Waals surface area contributed by atoms with E-state index in [4.69, 9.17) is 4.74 Å². The molecule has 0 saturated carbocycles. The average Bonchev–Trinajstić information content (AvgIpc) is 2.98. The Bertz CT molecular complexity index is 1070. The Hall–Kier alpha value is -3.25. The molecular weight excluding hydrogens is 434 g/mol. The highest BCUT2D eigenvalue weighted by Crippen LogP contribution is 2.23. The van der Waals surface area contributed by atoms with Crippen LogP contribution in [0.25, 0.3) is 0 Å². The fourth-order valence-electron chi connectivity index (χ4n) is 3.19. The molecule has 0 bridgehead atoms. The molecule has 1 aliphatic rings. The number of hydrogen-bond donors (Lipinski definition) is 0. The second kappa shape index (κ2) is 8.01. The third-order valence-electron chi connectivity index (χ3n) is 4.70. The van der Waals surface area contributed by atoms with Crippen LogP contribution < -0.4 is 4.74 Å². The van der Waals surface area contributed by atoms with E-state index >= 15 is 0 Å². The summed E-state index contributed by atoms with van der Waals surface area (Å²) in [7, 11) is 0. The number of benzene rings is 3. The molecule has 0 radical (unpaired) electrons. The fraction of sp³-hybridized carbons (Fsp3) is 0.0870. The van der Waals surface area contributed by atoms with Crippen LogP contribution in [-0.2, 0) is 6.42 Å². The lowest BCUT2D eigenvalue weighted by molar-refractivity contribution is 0.0654. The van der Waals surface area contributed by atoms with Gasteiger partial charge < -0.3 is 4.74 Å². The Labute approximate surface area is 176 Å². The van der Waals surface area contributed by atoms with Gasteiger partial charge in [0.25, 0.3) is 11.8 Å². The predicted octanol–water partition coefficient (Wildman–Crippen LogP) is 4.51. The zero-order chi connectivity index (χ0) is 20.4. The minimum Gasteiger partial charge on any atom is -0.423 e. The Morgan fingerprint density at radius 2 is 1.52 bits per heavy atom. The first-order valence-corrected chi connectivity index (χ1v) is 9.84. The number of fused-ring (bicyclic) bond motifs is 1. The smallest absolute Gasteiger partial charge is 0.343 e. The standard InChI is InChI=1S/C23H16BrNO4/c24-17-5-3-4-16(14-17)23(28)29-18-10-8-15(9-11-18)12-13-25-21(26)19-6-1-2-7-20(19)22(25)27/h1-11,14H,12-13H2. The van der Waals surface area contributed by atoms with Gasteiger partial charge in [0.15, 0.2) is 0 Å². The van der Waals surface area contributed by atoms with Gasteiger partial charge in [-0.2, -0.15) is 0 Å². The summed E-state index contributed by atoms with van der Waals surface area (Å²) in [5, 5.41) is 0. The monoisotopic (exact) mass is 449 g/mol. The van der Waals surface area contributed by atoms with Gasteiger partial charge in [-0.25, -0.2) is 4.79 Å². The van der Waals surface area contributed by atoms with Crippen molar-refractivity contribution in [3.63, 3.8) is 0 Å². The third-order valence-corrected chi connectivity index (χ3v) is 5.19. The van der Waals surface area contributed by atoms with Crippen LogP contribution >= 0.6 is 15.9 Å². The van der Waals surface area contributed by atoms with E-state index in [0.29, 0.717) is 35.4 Å². The van der Waals surface area contributed by atoms with E-state index in [0.717, 1.165) is 10.0 Å². The minimum absolute atomic E-state index is 0.259. The maximum atomic E-state index is 12.4. The molecule has 0 spiro atoms. The summed E-state index contributed by atoms with van der Waals surface area (Å²) in [5.41, 5.74) is 2.29. The number of hydrogen-bond acceptors (Lipinski definition) is 4. The summed E-state index contributed by atoms with van der Waals surface area (Å²) < 4.78 is 6.19. The highest BCUT2D eigenvalue weighted by molar-refractivity contribution is 9.10. The molecular formula is C23H16BrNO4. The summed E-state index contributed by atoms with van der Waals surface area (Å²) in [6.07, 6.45) is 0.519. The molecule has 0 aromatic heterocycles. The van der Waals surface area contributed by atoms with Crippen LogP contribution in [0.15, 0.2) is 77.3 Å². The van der Waals surface area contributed by atoms with E-state index in [1.807, 2.05) is 18.2 Å². The largest absolute Gasteiger partial charge is 0.423 e. The van der Waals surface area contributed by atoms with Gasteiger partial charge in [-0.3, -0.25) is 14.5 Å². The lowest BCUT2D eigenvalue weighted by Gasteiger charge is -2.13. The van der Waals surface area contributed by atoms with Crippen molar-refractivity contribution in [1.29, 1.82) is 0 Å². The normalized spacial score (nSPS) is 12.8. The summed E-state index contributed by atoms with van der Waals surface area (Å²) in [6, 6.07) is 20.9. The van der Waals surface area contributed by atoms with Crippen molar-refractivity contribution < 1.29 is 19.1 Å². The number of halogens is 1. The zero-order valence-electron chi connectivity index (χ0n) is 15.3. The van der Waals surface area contributed by atoms with E-state index in [1.165, 1.54) is 4.90 Å². The van der Waals surface area contributed by atoms with Gasteiger partial charge in [0.2, 0.25) is 0 Å². The van der Waals surface area contributed by atoms with E-state index in [2.05, 4.69) is 15.9 Å². The van der Waals surface area contributed by atoms with Crippen LogP contribution in [0.1, 0.15) is 36.6 Å². The minimum atomic E-state index is -0.440. The highest BCUT2D eigenvalue weighted by atomic mass is 79.9. The Morgan fingerprint density at radius 1 is 0.862 bits per heavy atom. The van der Waals surface area contributed by atoms with Crippen molar-refractivity contribution in [2.45, 2.75) is 6.42 Å². The third kappa shape index (κ3) is 3.98. The van der Waals surface area contributed by atoms with Gasteiger partial charge in [0.1, 0.15) is 5.75 Å². The number of imide groups is 1. The Morgan fingerprint density at radius 3 is 2.14 bits per heavy atom. The van der Waals surface area contributed by atoms with Gasteiger partial charge in [0, 0.05) is 11.0 Å². The molecule has 0 saturated heterocycles. The Kier molecular flexibility index (Phi) is 5.27. The van der Waals surface area contributed by atoms with Crippen LogP contribution in [0.2, 0.25) is 0 Å². The predicted molar refractivity (Wildman–Crippen MR) is 111 cm³/mol. The number of carbonyl (C=O) groups is 3. The number of esters is 1. The number of amides is 2. The molecule has 3 aromatic rings. The van der Waals surface area contributed by atoms with Crippen molar-refractivity contribution >= 4 is 33.7 Å². The average molecular weight is 450 g/mol. The molecule has 0 N–H and O–H groups in total. The van der Waals surface area contributed by atoms with Gasteiger partial charge in [-0.05, 0) is 54.4 Å². The number of carbonyl (C=O) groups excluding carboxylic acids is 3. The van der Waals surface area contributed by atoms with Gasteiger partial charge >= 0.3 is 5.97 Å². The first-order chi connectivity index (χ1) is 14.0. The molecule has 0 aliphatic carbocycles. The molecule has 0 unspecified atom stereocenters. The lowest BCUT2D eigenvalue weighted by Crippen LogP contribution is -2.31. The van der Waals surface area contributed by atoms with Crippen LogP contribution in [0, 0.1) is 0 Å². The van der Waals surface area contributed by atoms with Crippen molar-refractivity contribution in [2.75, 3.05) is 6.54 Å². The number of nitrogens with zero attached hydrogens (tertiary/aromatic N) is 1. The van der Waals surface area contributed by atoms with Crippen molar-refractivity contribution in [1.82, 2.24) is 4.90 Å². The first-order valence-electron chi connectivity index (χ1n) is 9.05. The summed E-state index contributed by atoms with van der Waals surface area (Å²) in [4.78, 5) is 38.3. The SMILES string of the molecule is O=C(Oc1ccc(CCN2C(=O)c3ccccc3C2=O)cc1)c1cccc(Br)c1. The highest BCUT2D eigenvalue weighted by Gasteiger charge is 2.34. The second-order valence-electron chi connectivity index (χ2n) is 6.60. The molecule has 4 rings (SSSR count). The quantitative estimate of drug-likeness (QED) is 0.326. The molecule has 1 heterocycles. The number of rotatable bonds is 5. The molecule has 0 atom stereocenters. The second-order valence-corrected chi connectivity index (χ2v) is 7.52. The van der Waals surface area contributed by atoms with E-state index in [1.54, 1.807) is 54.6 Å². The van der Waals surface area contributed by atoms with E-state index in [-0.39, 0.29) is 11.8 Å². The molecule has 29 heavy (non-hydrogen) atoms. The topological polar surface area (TPSA) is 63.7 Å². The van der Waals surface area contributed by atoms with Gasteiger partial charge in [-0.1, -0.05) is 46.3 Å². The molecule has 3 aromatic carbocycles. The van der Waals surface area contributed by atoms with Crippen LogP contribution in [0.3, 0.4) is 0 Å². The summed E-state index contributed by atoms with van der Waals surface area (Å²) in [5.74, 6) is -0.528. The lowest BCUT2D eigenvalue weighted by atomic mass is 10.1.